The van der Waals surface area contributed by atoms with Crippen LogP contribution in [0.5, 0.6) is 5.75 Å². The smallest absolute Gasteiger partial charge is 0.230 e. The van der Waals surface area contributed by atoms with E-state index < -0.39 is 5.41 Å². The van der Waals surface area contributed by atoms with Gasteiger partial charge in [-0.3, -0.25) is 4.79 Å². The number of methoxy groups -OCH3 is 1. The van der Waals surface area contributed by atoms with E-state index in [1.165, 1.54) is 0 Å². The van der Waals surface area contributed by atoms with E-state index in [4.69, 9.17) is 4.74 Å². The van der Waals surface area contributed by atoms with Gasteiger partial charge in [-0.1, -0.05) is 19.9 Å². The third kappa shape index (κ3) is 3.56. The lowest BCUT2D eigenvalue weighted by atomic mass is 9.74. The van der Waals surface area contributed by atoms with Crippen LogP contribution in [-0.2, 0) is 4.79 Å². The van der Waals surface area contributed by atoms with E-state index in [1.807, 2.05) is 39.0 Å². The van der Waals surface area contributed by atoms with Gasteiger partial charge in [-0.05, 0) is 56.5 Å². The summed E-state index contributed by atoms with van der Waals surface area (Å²) in [5, 5.41) is 6.43. The molecule has 1 aliphatic heterocycles. The molecule has 0 aliphatic carbocycles. The van der Waals surface area contributed by atoms with Crippen molar-refractivity contribution in [3.05, 3.63) is 23.8 Å². The van der Waals surface area contributed by atoms with Crippen molar-refractivity contribution in [1.29, 1.82) is 0 Å². The van der Waals surface area contributed by atoms with Crippen LogP contribution in [0.1, 0.15) is 32.3 Å². The van der Waals surface area contributed by atoms with Crippen LogP contribution in [0.25, 0.3) is 0 Å². The number of benzene rings is 1. The summed E-state index contributed by atoms with van der Waals surface area (Å²) in [4.78, 5) is 12.7. The molecule has 2 N–H and O–H groups in total. The molecule has 0 aromatic heterocycles. The van der Waals surface area contributed by atoms with E-state index >= 15 is 0 Å². The number of aryl methyl sites for hydroxylation is 1. The van der Waals surface area contributed by atoms with Crippen LogP contribution in [0.4, 0.5) is 5.69 Å². The van der Waals surface area contributed by atoms with E-state index in [2.05, 4.69) is 10.6 Å². The molecule has 116 valence electrons. The Kier molecular flexibility index (Phi) is 4.88. The Morgan fingerprint density at radius 3 is 2.81 bits per heavy atom. The summed E-state index contributed by atoms with van der Waals surface area (Å²) in [5.41, 5.74) is 1.45. The van der Waals surface area contributed by atoms with E-state index in [9.17, 15) is 4.79 Å². The normalized spacial score (nSPS) is 19.1. The van der Waals surface area contributed by atoms with E-state index in [0.717, 1.165) is 37.2 Å². The van der Waals surface area contributed by atoms with E-state index in [1.54, 1.807) is 7.11 Å². The lowest BCUT2D eigenvalue weighted by Crippen LogP contribution is -2.44. The Morgan fingerprint density at radius 1 is 1.43 bits per heavy atom. The summed E-state index contributed by atoms with van der Waals surface area (Å²) in [6.07, 6.45) is 2.23. The van der Waals surface area contributed by atoms with Crippen molar-refractivity contribution in [2.45, 2.75) is 33.6 Å². The summed E-state index contributed by atoms with van der Waals surface area (Å²) in [5.74, 6) is 1.12. The molecule has 1 aliphatic rings. The summed E-state index contributed by atoms with van der Waals surface area (Å²) in [6.45, 7) is 8.03. The first kappa shape index (κ1) is 15.8. The second-order valence-corrected chi connectivity index (χ2v) is 6.42. The molecule has 1 saturated heterocycles. The first-order valence-corrected chi connectivity index (χ1v) is 7.62. The summed E-state index contributed by atoms with van der Waals surface area (Å²) in [6, 6.07) is 5.82. The molecule has 1 atom stereocenters. The maximum absolute atomic E-state index is 12.7. The molecular formula is C17H26N2O2. The van der Waals surface area contributed by atoms with E-state index in [-0.39, 0.29) is 5.91 Å². The Balaban J connectivity index is 2.14. The minimum absolute atomic E-state index is 0.0556. The Hall–Kier alpha value is -1.55. The second kappa shape index (κ2) is 6.48. The number of piperidine rings is 1. The molecule has 4 heteroatoms. The number of ether oxygens (including phenoxy) is 1. The predicted octanol–water partition coefficient (Wildman–Crippen LogP) is 2.97. The number of hydrogen-bond acceptors (Lipinski definition) is 3. The molecule has 0 spiro atoms. The molecule has 0 bridgehead atoms. The quantitative estimate of drug-likeness (QED) is 0.896. The monoisotopic (exact) mass is 290 g/mol. The lowest BCUT2D eigenvalue weighted by molar-refractivity contribution is -0.127. The topological polar surface area (TPSA) is 50.4 Å². The Labute approximate surface area is 127 Å². The van der Waals surface area contributed by atoms with Gasteiger partial charge in [-0.15, -0.1) is 0 Å². The molecule has 1 aromatic carbocycles. The lowest BCUT2D eigenvalue weighted by Gasteiger charge is -2.36. The number of anilines is 1. The van der Waals surface area contributed by atoms with Crippen LogP contribution in [0.2, 0.25) is 0 Å². The number of amides is 1. The standard InChI is InChI=1S/C17H26N2O2/c1-12-7-8-15(21-4)14(10-12)19-16(20)17(2,3)13-6-5-9-18-11-13/h7-8,10,13,18H,5-6,9,11H2,1-4H3,(H,19,20). The molecule has 1 aromatic rings. The van der Waals surface area contributed by atoms with Gasteiger partial charge in [0.2, 0.25) is 5.91 Å². The van der Waals surface area contributed by atoms with Crippen molar-refractivity contribution in [2.75, 3.05) is 25.5 Å². The zero-order valence-electron chi connectivity index (χ0n) is 13.5. The van der Waals surface area contributed by atoms with Crippen molar-refractivity contribution >= 4 is 11.6 Å². The van der Waals surface area contributed by atoms with Crippen LogP contribution in [0.15, 0.2) is 18.2 Å². The Morgan fingerprint density at radius 2 is 2.19 bits per heavy atom. The molecule has 1 fully saturated rings. The fourth-order valence-electron chi connectivity index (χ4n) is 2.86. The summed E-state index contributed by atoms with van der Waals surface area (Å²) < 4.78 is 5.33. The predicted molar refractivity (Wildman–Crippen MR) is 85.7 cm³/mol. The van der Waals surface area contributed by atoms with Crippen LogP contribution in [0.3, 0.4) is 0 Å². The molecule has 4 nitrogen and oxygen atoms in total. The van der Waals surface area contributed by atoms with Crippen molar-refractivity contribution in [2.24, 2.45) is 11.3 Å². The minimum atomic E-state index is -0.401. The number of rotatable bonds is 4. The molecule has 1 amide bonds. The highest BCUT2D eigenvalue weighted by molar-refractivity contribution is 5.96. The number of carbonyl (C=O) groups excluding carboxylic acids is 1. The van der Waals surface area contributed by atoms with Crippen molar-refractivity contribution in [3.63, 3.8) is 0 Å². The highest BCUT2D eigenvalue weighted by atomic mass is 16.5. The van der Waals surface area contributed by atoms with Gasteiger partial charge in [0.25, 0.3) is 0 Å². The zero-order chi connectivity index (χ0) is 15.5. The Bertz CT molecular complexity index is 506. The molecule has 2 rings (SSSR count). The fourth-order valence-corrected chi connectivity index (χ4v) is 2.86. The van der Waals surface area contributed by atoms with Gasteiger partial charge >= 0.3 is 0 Å². The van der Waals surface area contributed by atoms with Gasteiger partial charge in [0.05, 0.1) is 12.8 Å². The van der Waals surface area contributed by atoms with Crippen molar-refractivity contribution in [1.82, 2.24) is 5.32 Å². The van der Waals surface area contributed by atoms with Gasteiger partial charge in [-0.2, -0.15) is 0 Å². The largest absolute Gasteiger partial charge is 0.495 e. The third-order valence-corrected chi connectivity index (χ3v) is 4.51. The summed E-state index contributed by atoms with van der Waals surface area (Å²) in [7, 11) is 1.62. The third-order valence-electron chi connectivity index (χ3n) is 4.51. The SMILES string of the molecule is COc1ccc(C)cc1NC(=O)C(C)(C)C1CCCNC1. The first-order valence-electron chi connectivity index (χ1n) is 7.62. The van der Waals surface area contributed by atoms with E-state index in [0.29, 0.717) is 11.7 Å². The molecular weight excluding hydrogens is 264 g/mol. The maximum Gasteiger partial charge on any atom is 0.230 e. The molecule has 1 heterocycles. The van der Waals surface area contributed by atoms with Crippen LogP contribution in [0, 0.1) is 18.3 Å². The molecule has 0 radical (unpaired) electrons. The molecule has 1 unspecified atom stereocenters. The second-order valence-electron chi connectivity index (χ2n) is 6.42. The number of carbonyl (C=O) groups is 1. The maximum atomic E-state index is 12.7. The number of nitrogens with one attached hydrogen (secondary N) is 2. The zero-order valence-corrected chi connectivity index (χ0v) is 13.5. The average molecular weight is 290 g/mol. The van der Waals surface area contributed by atoms with Gasteiger partial charge < -0.3 is 15.4 Å². The molecule has 0 saturated carbocycles. The van der Waals surface area contributed by atoms with Crippen LogP contribution in [-0.4, -0.2) is 26.1 Å². The van der Waals surface area contributed by atoms with Gasteiger partial charge in [-0.25, -0.2) is 0 Å². The van der Waals surface area contributed by atoms with Gasteiger partial charge in [0.1, 0.15) is 5.75 Å². The van der Waals surface area contributed by atoms with Gasteiger partial charge in [0.15, 0.2) is 0 Å². The van der Waals surface area contributed by atoms with Crippen LogP contribution < -0.4 is 15.4 Å². The van der Waals surface area contributed by atoms with Crippen LogP contribution >= 0.6 is 0 Å². The van der Waals surface area contributed by atoms with Crippen molar-refractivity contribution < 1.29 is 9.53 Å². The first-order chi connectivity index (χ1) is 9.95. The summed E-state index contributed by atoms with van der Waals surface area (Å²) >= 11 is 0. The average Bonchev–Trinajstić information content (AvgIpc) is 2.48. The van der Waals surface area contributed by atoms with Gasteiger partial charge in [0, 0.05) is 5.41 Å². The number of hydrogen-bond donors (Lipinski definition) is 2. The molecule has 21 heavy (non-hydrogen) atoms. The van der Waals surface area contributed by atoms with Crippen molar-refractivity contribution in [3.8, 4) is 5.75 Å². The highest BCUT2D eigenvalue weighted by Gasteiger charge is 2.37. The fraction of sp³-hybridized carbons (Fsp3) is 0.588. The minimum Gasteiger partial charge on any atom is -0.495 e. The highest BCUT2D eigenvalue weighted by Crippen LogP contribution is 2.34.